The smallest absolute Gasteiger partial charge is 0.341 e. The van der Waals surface area contributed by atoms with Crippen molar-refractivity contribution in [3.63, 3.8) is 0 Å². The second-order valence-electron chi connectivity index (χ2n) is 8.26. The number of benzene rings is 1. The molecule has 0 amide bonds. The molecule has 1 atom stereocenters. The Morgan fingerprint density at radius 3 is 2.58 bits per heavy atom. The first-order valence-electron chi connectivity index (χ1n) is 8.36. The van der Waals surface area contributed by atoms with E-state index < -0.39 is 17.4 Å². The highest BCUT2D eigenvalue weighted by atomic mass is 35.5. The molecule has 0 aromatic heterocycles. The average molecular weight is 357 g/mol. The van der Waals surface area contributed by atoms with Gasteiger partial charge in [-0.05, 0) is 57.9 Å². The highest BCUT2D eigenvalue weighted by Crippen LogP contribution is 2.38. The van der Waals surface area contributed by atoms with Crippen molar-refractivity contribution in [2.45, 2.75) is 72.0 Å². The molecule has 24 heavy (non-hydrogen) atoms. The molecule has 0 heterocycles. The molecule has 134 valence electrons. The first-order chi connectivity index (χ1) is 11.0. The molecule has 0 bridgehead atoms. The molecule has 0 saturated heterocycles. The highest BCUT2D eigenvalue weighted by molar-refractivity contribution is 6.32. The Labute approximate surface area is 148 Å². The molecule has 1 aliphatic carbocycles. The third-order valence-corrected chi connectivity index (χ3v) is 4.39. The first-order valence-corrected chi connectivity index (χ1v) is 8.74. The molecule has 1 fully saturated rings. The summed E-state index contributed by atoms with van der Waals surface area (Å²) in [6, 6.07) is 2.47. The maximum Gasteiger partial charge on any atom is 0.341 e. The van der Waals surface area contributed by atoms with Crippen LogP contribution in [0.25, 0.3) is 0 Å². The molecule has 1 aromatic rings. The Hall–Kier alpha value is -1.29. The van der Waals surface area contributed by atoms with Gasteiger partial charge >= 0.3 is 5.97 Å². The molecule has 0 spiro atoms. The van der Waals surface area contributed by atoms with Crippen molar-refractivity contribution in [2.75, 3.05) is 0 Å². The van der Waals surface area contributed by atoms with E-state index in [1.54, 1.807) is 20.8 Å². The van der Waals surface area contributed by atoms with Crippen LogP contribution in [-0.4, -0.2) is 17.7 Å². The van der Waals surface area contributed by atoms with Crippen LogP contribution in [0.5, 0.6) is 5.75 Å². The summed E-state index contributed by atoms with van der Waals surface area (Å²) in [5, 5.41) is 0.223. The maximum absolute atomic E-state index is 14.3. The van der Waals surface area contributed by atoms with Crippen LogP contribution in [0.4, 0.5) is 4.39 Å². The van der Waals surface area contributed by atoms with Gasteiger partial charge in [-0.1, -0.05) is 25.4 Å². The standard InChI is InChI=1S/C19H26ClFO3/c1-18(2,3)24-17(22)13-9-14(20)16(10-15(13)21)23-12-7-6-8-19(4,5)11-12/h9-10,12H,6-8,11H2,1-5H3. The molecule has 0 N–H and O–H groups in total. The topological polar surface area (TPSA) is 35.5 Å². The van der Waals surface area contributed by atoms with Gasteiger partial charge in [0.15, 0.2) is 0 Å². The van der Waals surface area contributed by atoms with Crippen LogP contribution in [0.1, 0.15) is 70.7 Å². The van der Waals surface area contributed by atoms with Crippen LogP contribution in [0.15, 0.2) is 12.1 Å². The molecule has 5 heteroatoms. The van der Waals surface area contributed by atoms with Gasteiger partial charge in [0, 0.05) is 6.07 Å². The van der Waals surface area contributed by atoms with E-state index in [-0.39, 0.29) is 27.9 Å². The maximum atomic E-state index is 14.3. The van der Waals surface area contributed by atoms with Crippen molar-refractivity contribution >= 4 is 17.6 Å². The monoisotopic (exact) mass is 356 g/mol. The van der Waals surface area contributed by atoms with Crippen molar-refractivity contribution in [3.05, 3.63) is 28.5 Å². The minimum atomic E-state index is -0.729. The Balaban J connectivity index is 2.16. The Morgan fingerprint density at radius 1 is 1.33 bits per heavy atom. The van der Waals surface area contributed by atoms with E-state index >= 15 is 0 Å². The summed E-state index contributed by atoms with van der Waals surface area (Å²) in [5.74, 6) is -1.13. The van der Waals surface area contributed by atoms with E-state index in [0.29, 0.717) is 0 Å². The molecule has 1 aromatic carbocycles. The molecular weight excluding hydrogens is 331 g/mol. The molecule has 1 unspecified atom stereocenters. The van der Waals surface area contributed by atoms with Gasteiger partial charge in [0.25, 0.3) is 0 Å². The van der Waals surface area contributed by atoms with Crippen LogP contribution in [-0.2, 0) is 4.74 Å². The summed E-state index contributed by atoms with van der Waals surface area (Å²) in [5.41, 5.74) is -0.658. The number of carbonyl (C=O) groups is 1. The number of carbonyl (C=O) groups excluding carboxylic acids is 1. The van der Waals surface area contributed by atoms with Crippen molar-refractivity contribution in [2.24, 2.45) is 5.41 Å². The lowest BCUT2D eigenvalue weighted by Gasteiger charge is -2.35. The minimum Gasteiger partial charge on any atom is -0.489 e. The molecule has 0 aliphatic heterocycles. The molecule has 3 nitrogen and oxygen atoms in total. The van der Waals surface area contributed by atoms with Crippen molar-refractivity contribution < 1.29 is 18.7 Å². The van der Waals surface area contributed by atoms with E-state index in [2.05, 4.69) is 13.8 Å². The zero-order chi connectivity index (χ0) is 18.1. The summed E-state index contributed by atoms with van der Waals surface area (Å²) in [4.78, 5) is 12.1. The molecule has 1 saturated carbocycles. The Kier molecular flexibility index (Phi) is 5.48. The number of ether oxygens (including phenoxy) is 2. The average Bonchev–Trinajstić information content (AvgIpc) is 2.39. The summed E-state index contributed by atoms with van der Waals surface area (Å²) in [7, 11) is 0. The zero-order valence-electron chi connectivity index (χ0n) is 15.0. The van der Waals surface area contributed by atoms with Gasteiger partial charge < -0.3 is 9.47 Å². The summed E-state index contributed by atoms with van der Waals surface area (Å²) in [6.07, 6.45) is 4.08. The van der Waals surface area contributed by atoms with Crippen molar-refractivity contribution in [1.29, 1.82) is 0 Å². The predicted molar refractivity (Wildman–Crippen MR) is 93.2 cm³/mol. The second kappa shape index (κ2) is 6.91. The van der Waals surface area contributed by atoms with Crippen molar-refractivity contribution in [3.8, 4) is 5.75 Å². The van der Waals surface area contributed by atoms with Gasteiger partial charge in [0.2, 0.25) is 0 Å². The lowest BCUT2D eigenvalue weighted by atomic mass is 9.76. The van der Waals surface area contributed by atoms with Crippen LogP contribution < -0.4 is 4.74 Å². The van der Waals surface area contributed by atoms with Crippen LogP contribution in [0.3, 0.4) is 0 Å². The SMILES string of the molecule is CC1(C)CCCC(Oc2cc(F)c(C(=O)OC(C)(C)C)cc2Cl)C1. The third kappa shape index (κ3) is 5.10. The second-order valence-corrected chi connectivity index (χ2v) is 8.67. The zero-order valence-corrected chi connectivity index (χ0v) is 15.8. The summed E-state index contributed by atoms with van der Waals surface area (Å²) in [6.45, 7) is 9.60. The van der Waals surface area contributed by atoms with Crippen molar-refractivity contribution in [1.82, 2.24) is 0 Å². The fourth-order valence-electron chi connectivity index (χ4n) is 3.02. The Morgan fingerprint density at radius 2 is 2.00 bits per heavy atom. The molecule has 1 aliphatic rings. The lowest BCUT2D eigenvalue weighted by molar-refractivity contribution is 0.00646. The van der Waals surface area contributed by atoms with E-state index in [1.807, 2.05) is 0 Å². The predicted octanol–water partition coefficient (Wildman–Crippen LogP) is 5.78. The Bertz CT molecular complexity index is 620. The molecule has 2 rings (SSSR count). The summed E-state index contributed by atoms with van der Waals surface area (Å²) < 4.78 is 25.4. The van der Waals surface area contributed by atoms with Gasteiger partial charge in [0.05, 0.1) is 16.7 Å². The fraction of sp³-hybridized carbons (Fsp3) is 0.632. The van der Waals surface area contributed by atoms with Gasteiger partial charge in [0.1, 0.15) is 17.2 Å². The van der Waals surface area contributed by atoms with Gasteiger partial charge in [-0.3, -0.25) is 0 Å². The number of hydrogen-bond donors (Lipinski definition) is 0. The normalized spacial score (nSPS) is 20.5. The van der Waals surface area contributed by atoms with E-state index in [0.717, 1.165) is 25.7 Å². The first kappa shape index (κ1) is 19.0. The van der Waals surface area contributed by atoms with E-state index in [9.17, 15) is 9.18 Å². The minimum absolute atomic E-state index is 0.0121. The summed E-state index contributed by atoms with van der Waals surface area (Å²) >= 11 is 6.21. The number of rotatable bonds is 3. The fourth-order valence-corrected chi connectivity index (χ4v) is 3.23. The van der Waals surface area contributed by atoms with Crippen LogP contribution >= 0.6 is 11.6 Å². The third-order valence-electron chi connectivity index (χ3n) is 4.09. The lowest BCUT2D eigenvalue weighted by Crippen LogP contribution is -2.30. The van der Waals surface area contributed by atoms with Gasteiger partial charge in [-0.15, -0.1) is 0 Å². The van der Waals surface area contributed by atoms with E-state index in [4.69, 9.17) is 21.1 Å². The highest BCUT2D eigenvalue weighted by Gasteiger charge is 2.30. The quantitative estimate of drug-likeness (QED) is 0.644. The molecular formula is C19H26ClFO3. The molecule has 0 radical (unpaired) electrons. The largest absolute Gasteiger partial charge is 0.489 e. The number of halogens is 2. The van der Waals surface area contributed by atoms with Gasteiger partial charge in [-0.2, -0.15) is 0 Å². The van der Waals surface area contributed by atoms with E-state index in [1.165, 1.54) is 12.1 Å². The number of esters is 1. The van der Waals surface area contributed by atoms with Gasteiger partial charge in [-0.25, -0.2) is 9.18 Å². The van der Waals surface area contributed by atoms with Crippen LogP contribution in [0, 0.1) is 11.2 Å². The van der Waals surface area contributed by atoms with Crippen LogP contribution in [0.2, 0.25) is 5.02 Å². The number of hydrogen-bond acceptors (Lipinski definition) is 3.